The Morgan fingerprint density at radius 1 is 1.39 bits per heavy atom. The number of aromatic nitrogens is 2. The highest BCUT2D eigenvalue weighted by molar-refractivity contribution is 6.31. The van der Waals surface area contributed by atoms with Gasteiger partial charge in [-0.2, -0.15) is 5.10 Å². The molecule has 0 amide bonds. The highest BCUT2D eigenvalue weighted by Gasteiger charge is 2.15. The molecular weight excluding hydrogens is 250 g/mol. The fraction of sp³-hybridized carbons (Fsp3) is 0.308. The van der Waals surface area contributed by atoms with Gasteiger partial charge in [-0.15, -0.1) is 0 Å². The molecule has 2 aromatic rings. The molecule has 0 unspecified atom stereocenters. The number of hydrogen-bond acceptors (Lipinski definition) is 3. The average molecular weight is 266 g/mol. The summed E-state index contributed by atoms with van der Waals surface area (Å²) in [6, 6.07) is 3.78. The van der Waals surface area contributed by atoms with Crippen molar-refractivity contribution in [1.29, 1.82) is 0 Å². The van der Waals surface area contributed by atoms with E-state index in [1.807, 2.05) is 26.0 Å². The molecular formula is C13H16ClN3O. The Balaban J connectivity index is 2.62. The zero-order chi connectivity index (χ0) is 13.3. The van der Waals surface area contributed by atoms with Gasteiger partial charge in [0.25, 0.3) is 0 Å². The van der Waals surface area contributed by atoms with Crippen molar-refractivity contribution in [3.63, 3.8) is 0 Å². The van der Waals surface area contributed by atoms with E-state index in [4.69, 9.17) is 22.1 Å². The third-order valence-electron chi connectivity index (χ3n) is 3.05. The number of rotatable bonds is 3. The molecule has 1 aromatic heterocycles. The molecule has 0 aliphatic heterocycles. The smallest absolute Gasteiger partial charge is 0.128 e. The van der Waals surface area contributed by atoms with Gasteiger partial charge in [-0.25, -0.2) is 0 Å². The zero-order valence-electron chi connectivity index (χ0n) is 10.7. The van der Waals surface area contributed by atoms with Crippen LogP contribution in [0.15, 0.2) is 12.1 Å². The third-order valence-corrected chi connectivity index (χ3v) is 3.46. The van der Waals surface area contributed by atoms with Gasteiger partial charge in [0, 0.05) is 17.1 Å². The summed E-state index contributed by atoms with van der Waals surface area (Å²) in [4.78, 5) is 0. The first kappa shape index (κ1) is 12.9. The molecule has 0 radical (unpaired) electrons. The fourth-order valence-electron chi connectivity index (χ4n) is 1.90. The van der Waals surface area contributed by atoms with Gasteiger partial charge in [0.1, 0.15) is 5.75 Å². The summed E-state index contributed by atoms with van der Waals surface area (Å²) >= 11 is 6.17. The van der Waals surface area contributed by atoms with Crippen LogP contribution in [0.25, 0.3) is 11.3 Å². The summed E-state index contributed by atoms with van der Waals surface area (Å²) in [5.41, 5.74) is 10.3. The van der Waals surface area contributed by atoms with Crippen molar-refractivity contribution >= 4 is 11.6 Å². The summed E-state index contributed by atoms with van der Waals surface area (Å²) < 4.78 is 5.39. The van der Waals surface area contributed by atoms with Crippen LogP contribution in [-0.2, 0) is 6.54 Å². The normalized spacial score (nSPS) is 10.7. The van der Waals surface area contributed by atoms with Crippen LogP contribution in [0.5, 0.6) is 5.75 Å². The van der Waals surface area contributed by atoms with Crippen LogP contribution in [0.2, 0.25) is 5.02 Å². The summed E-state index contributed by atoms with van der Waals surface area (Å²) in [6.45, 7) is 4.35. The Morgan fingerprint density at radius 3 is 2.67 bits per heavy atom. The molecule has 5 heteroatoms. The average Bonchev–Trinajstić information content (AvgIpc) is 2.73. The number of ether oxygens (including phenoxy) is 1. The lowest BCUT2D eigenvalue weighted by Gasteiger charge is -2.10. The number of methoxy groups -OCH3 is 1. The van der Waals surface area contributed by atoms with Gasteiger partial charge in [-0.05, 0) is 37.1 Å². The molecule has 3 N–H and O–H groups in total. The topological polar surface area (TPSA) is 63.9 Å². The molecule has 0 bridgehead atoms. The minimum absolute atomic E-state index is 0.431. The third kappa shape index (κ3) is 2.09. The van der Waals surface area contributed by atoms with Gasteiger partial charge < -0.3 is 10.5 Å². The van der Waals surface area contributed by atoms with E-state index in [0.29, 0.717) is 11.6 Å². The summed E-state index contributed by atoms with van der Waals surface area (Å²) in [5, 5.41) is 7.92. The van der Waals surface area contributed by atoms with Crippen LogP contribution in [0.1, 0.15) is 16.8 Å². The number of aromatic amines is 1. The minimum atomic E-state index is 0.431. The predicted octanol–water partition coefficient (Wildman–Crippen LogP) is 2.81. The van der Waals surface area contributed by atoms with Crippen molar-refractivity contribution in [2.75, 3.05) is 7.11 Å². The van der Waals surface area contributed by atoms with E-state index in [0.717, 1.165) is 33.8 Å². The van der Waals surface area contributed by atoms with Gasteiger partial charge in [0.05, 0.1) is 18.5 Å². The Kier molecular flexibility index (Phi) is 3.59. The van der Waals surface area contributed by atoms with Crippen LogP contribution in [0, 0.1) is 13.8 Å². The first-order valence-electron chi connectivity index (χ1n) is 5.67. The van der Waals surface area contributed by atoms with E-state index >= 15 is 0 Å². The zero-order valence-corrected chi connectivity index (χ0v) is 11.4. The summed E-state index contributed by atoms with van der Waals surface area (Å²) in [5.74, 6) is 0.759. The Labute approximate surface area is 111 Å². The molecule has 0 atom stereocenters. The Bertz CT molecular complexity index is 578. The number of H-pyrrole nitrogens is 1. The lowest BCUT2D eigenvalue weighted by atomic mass is 10.0. The monoisotopic (exact) mass is 265 g/mol. The molecule has 0 aliphatic carbocycles. The van der Waals surface area contributed by atoms with Crippen molar-refractivity contribution in [3.05, 3.63) is 34.0 Å². The molecule has 0 fully saturated rings. The molecule has 0 spiro atoms. The van der Waals surface area contributed by atoms with Crippen LogP contribution >= 0.6 is 11.6 Å². The first-order valence-corrected chi connectivity index (χ1v) is 6.04. The number of halogens is 1. The van der Waals surface area contributed by atoms with Crippen molar-refractivity contribution in [3.8, 4) is 17.0 Å². The number of benzene rings is 1. The molecule has 0 aliphatic rings. The highest BCUT2D eigenvalue weighted by Crippen LogP contribution is 2.35. The van der Waals surface area contributed by atoms with E-state index in [2.05, 4.69) is 10.2 Å². The summed E-state index contributed by atoms with van der Waals surface area (Å²) in [6.07, 6.45) is 0. The van der Waals surface area contributed by atoms with Gasteiger partial charge in [0.2, 0.25) is 0 Å². The molecule has 1 heterocycles. The lowest BCUT2D eigenvalue weighted by Crippen LogP contribution is -1.98. The van der Waals surface area contributed by atoms with Gasteiger partial charge in [-0.3, -0.25) is 5.10 Å². The molecule has 96 valence electrons. The first-order chi connectivity index (χ1) is 8.58. The van der Waals surface area contributed by atoms with Crippen molar-refractivity contribution in [2.24, 2.45) is 5.73 Å². The molecule has 2 rings (SSSR count). The van der Waals surface area contributed by atoms with Crippen molar-refractivity contribution in [1.82, 2.24) is 10.2 Å². The van der Waals surface area contributed by atoms with Crippen LogP contribution in [-0.4, -0.2) is 17.3 Å². The van der Waals surface area contributed by atoms with Gasteiger partial charge >= 0.3 is 0 Å². The van der Waals surface area contributed by atoms with Gasteiger partial charge in [0.15, 0.2) is 0 Å². The van der Waals surface area contributed by atoms with Crippen molar-refractivity contribution in [2.45, 2.75) is 20.4 Å². The number of nitrogens with two attached hydrogens (primary N) is 1. The molecule has 0 saturated carbocycles. The second-order valence-corrected chi connectivity index (χ2v) is 4.59. The van der Waals surface area contributed by atoms with E-state index in [9.17, 15) is 0 Å². The number of nitrogens with one attached hydrogen (secondary N) is 1. The van der Waals surface area contributed by atoms with E-state index in [1.54, 1.807) is 7.11 Å². The second kappa shape index (κ2) is 5.00. The maximum Gasteiger partial charge on any atom is 0.128 e. The summed E-state index contributed by atoms with van der Waals surface area (Å²) in [7, 11) is 1.64. The number of aryl methyl sites for hydroxylation is 1. The van der Waals surface area contributed by atoms with Crippen molar-refractivity contribution < 1.29 is 4.74 Å². The highest BCUT2D eigenvalue weighted by atomic mass is 35.5. The van der Waals surface area contributed by atoms with Crippen LogP contribution in [0.4, 0.5) is 0 Å². The number of nitrogens with zero attached hydrogens (tertiary/aromatic N) is 1. The minimum Gasteiger partial charge on any atom is -0.496 e. The second-order valence-electron chi connectivity index (χ2n) is 4.18. The maximum atomic E-state index is 6.17. The Hall–Kier alpha value is -1.52. The van der Waals surface area contributed by atoms with E-state index in [-0.39, 0.29) is 0 Å². The van der Waals surface area contributed by atoms with Gasteiger partial charge in [-0.1, -0.05) is 11.6 Å². The van der Waals surface area contributed by atoms with Crippen LogP contribution in [0.3, 0.4) is 0 Å². The van der Waals surface area contributed by atoms with E-state index < -0.39 is 0 Å². The Morgan fingerprint density at radius 2 is 2.11 bits per heavy atom. The number of hydrogen-bond donors (Lipinski definition) is 2. The predicted molar refractivity (Wildman–Crippen MR) is 73.0 cm³/mol. The molecule has 18 heavy (non-hydrogen) atoms. The van der Waals surface area contributed by atoms with E-state index in [1.165, 1.54) is 0 Å². The quantitative estimate of drug-likeness (QED) is 0.897. The molecule has 1 aromatic carbocycles. The maximum absolute atomic E-state index is 6.17. The lowest BCUT2D eigenvalue weighted by molar-refractivity contribution is 0.416. The SMILES string of the molecule is COc1cc(C)c(Cl)cc1-c1n[nH]c(CN)c1C. The molecule has 4 nitrogen and oxygen atoms in total. The largest absolute Gasteiger partial charge is 0.496 e. The molecule has 0 saturated heterocycles. The van der Waals surface area contributed by atoms with Crippen LogP contribution < -0.4 is 10.5 Å². The standard InChI is InChI=1S/C13H16ClN3O/c1-7-4-12(18-3)9(5-10(7)14)13-8(2)11(6-15)16-17-13/h4-5H,6,15H2,1-3H3,(H,16,17). The fourth-order valence-corrected chi connectivity index (χ4v) is 2.07.